The lowest BCUT2D eigenvalue weighted by molar-refractivity contribution is -0.169. The first kappa shape index (κ1) is 18.7. The fourth-order valence-electron chi connectivity index (χ4n) is 3.32. The van der Waals surface area contributed by atoms with Crippen molar-refractivity contribution in [1.29, 1.82) is 0 Å². The molecule has 2 saturated heterocycles. The maximum absolute atomic E-state index is 12.1. The smallest absolute Gasteiger partial charge is 0.410 e. The Hall–Kier alpha value is -1.63. The fraction of sp³-hybridized carbons (Fsp3) is 0.824. The molecule has 2 rings (SSSR count). The molecule has 1 spiro atoms. The molecule has 0 aliphatic carbocycles. The molecule has 0 bridgehead atoms. The van der Waals surface area contributed by atoms with Crippen LogP contribution in [0.1, 0.15) is 41.0 Å². The van der Waals surface area contributed by atoms with Gasteiger partial charge in [-0.05, 0) is 27.7 Å². The maximum Gasteiger partial charge on any atom is 0.410 e. The van der Waals surface area contributed by atoms with E-state index in [0.717, 1.165) is 0 Å². The third kappa shape index (κ3) is 3.88. The number of likely N-dealkylation sites (tertiary alicyclic amines) is 2. The summed E-state index contributed by atoms with van der Waals surface area (Å²) >= 11 is 0. The van der Waals surface area contributed by atoms with Crippen LogP contribution in [0.25, 0.3) is 0 Å². The Kier molecular flexibility index (Phi) is 5.22. The number of hydrogen-bond donors (Lipinski definition) is 0. The largest absolute Gasteiger partial charge is 0.464 e. The Labute approximate surface area is 143 Å². The van der Waals surface area contributed by atoms with Crippen molar-refractivity contribution in [1.82, 2.24) is 9.80 Å². The van der Waals surface area contributed by atoms with E-state index in [1.807, 2.05) is 25.7 Å². The van der Waals surface area contributed by atoms with E-state index in [2.05, 4.69) is 0 Å². The minimum absolute atomic E-state index is 0.0182. The summed E-state index contributed by atoms with van der Waals surface area (Å²) in [5, 5.41) is 0. The van der Waals surface area contributed by atoms with Gasteiger partial charge in [0.2, 0.25) is 0 Å². The maximum atomic E-state index is 12.1. The summed E-state index contributed by atoms with van der Waals surface area (Å²) in [7, 11) is 0. The minimum atomic E-state index is -0.809. The number of hydrogen-bond acceptors (Lipinski definition) is 6. The second kappa shape index (κ2) is 6.70. The van der Waals surface area contributed by atoms with Crippen LogP contribution in [0.3, 0.4) is 0 Å². The highest BCUT2D eigenvalue weighted by Crippen LogP contribution is 2.41. The lowest BCUT2D eigenvalue weighted by Crippen LogP contribution is -2.75. The van der Waals surface area contributed by atoms with Crippen molar-refractivity contribution in [2.45, 2.75) is 52.7 Å². The normalized spacial score (nSPS) is 20.8. The van der Waals surface area contributed by atoms with E-state index >= 15 is 0 Å². The molecule has 0 saturated carbocycles. The zero-order valence-corrected chi connectivity index (χ0v) is 15.3. The summed E-state index contributed by atoms with van der Waals surface area (Å²) in [6, 6.07) is -0.809. The molecule has 0 aromatic rings. The number of ketones is 1. The zero-order chi connectivity index (χ0) is 18.1. The number of nitrogens with zero attached hydrogens (tertiary/aromatic N) is 2. The fourth-order valence-corrected chi connectivity index (χ4v) is 3.32. The van der Waals surface area contributed by atoms with Gasteiger partial charge in [-0.2, -0.15) is 0 Å². The molecular weight excluding hydrogens is 312 g/mol. The van der Waals surface area contributed by atoms with Gasteiger partial charge < -0.3 is 14.4 Å². The van der Waals surface area contributed by atoms with E-state index in [1.165, 1.54) is 0 Å². The van der Waals surface area contributed by atoms with E-state index in [-0.39, 0.29) is 23.9 Å². The summed E-state index contributed by atoms with van der Waals surface area (Å²) < 4.78 is 10.4. The standard InChI is InChI=1S/C17H28N2O5/c1-6-12(20)13(14(21)23-7-2)18-8-17(9-18)10-19(11-17)15(22)24-16(3,4)5/h13H,6-11H2,1-5H3. The third-order valence-electron chi connectivity index (χ3n) is 4.31. The Morgan fingerprint density at radius 1 is 1.08 bits per heavy atom. The molecule has 2 heterocycles. The highest BCUT2D eigenvalue weighted by molar-refractivity contribution is 6.03. The molecule has 0 aromatic heterocycles. The van der Waals surface area contributed by atoms with E-state index in [1.54, 1.807) is 18.7 Å². The first-order chi connectivity index (χ1) is 11.1. The van der Waals surface area contributed by atoms with Gasteiger partial charge in [-0.3, -0.25) is 9.69 Å². The van der Waals surface area contributed by atoms with Gasteiger partial charge in [0.05, 0.1) is 6.61 Å². The average Bonchev–Trinajstić information content (AvgIpc) is 2.37. The summed E-state index contributed by atoms with van der Waals surface area (Å²) in [6.07, 6.45) is -0.00467. The molecule has 136 valence electrons. The Balaban J connectivity index is 1.87. The summed E-state index contributed by atoms with van der Waals surface area (Å²) in [5.41, 5.74) is -0.524. The van der Waals surface area contributed by atoms with Crippen molar-refractivity contribution in [3.63, 3.8) is 0 Å². The molecule has 2 aliphatic heterocycles. The third-order valence-corrected chi connectivity index (χ3v) is 4.31. The van der Waals surface area contributed by atoms with Crippen LogP contribution in [0.15, 0.2) is 0 Å². The monoisotopic (exact) mass is 340 g/mol. The molecule has 1 amide bonds. The van der Waals surface area contributed by atoms with Gasteiger partial charge in [0.1, 0.15) is 5.60 Å². The topological polar surface area (TPSA) is 76.2 Å². The number of ether oxygens (including phenoxy) is 2. The van der Waals surface area contributed by atoms with Crippen LogP contribution in [-0.4, -0.2) is 72.1 Å². The molecule has 0 aromatic carbocycles. The van der Waals surface area contributed by atoms with Gasteiger partial charge in [-0.1, -0.05) is 6.92 Å². The molecule has 1 atom stereocenters. The van der Waals surface area contributed by atoms with Crippen LogP contribution in [0.4, 0.5) is 4.79 Å². The molecule has 1 unspecified atom stereocenters. The second-order valence-electron chi connectivity index (χ2n) is 7.72. The van der Waals surface area contributed by atoms with Crippen molar-refractivity contribution in [2.24, 2.45) is 5.41 Å². The molecule has 7 nitrogen and oxygen atoms in total. The van der Waals surface area contributed by atoms with Crippen molar-refractivity contribution < 1.29 is 23.9 Å². The predicted molar refractivity (Wildman–Crippen MR) is 87.5 cm³/mol. The van der Waals surface area contributed by atoms with Crippen molar-refractivity contribution >= 4 is 17.8 Å². The van der Waals surface area contributed by atoms with Crippen molar-refractivity contribution in [2.75, 3.05) is 32.8 Å². The summed E-state index contributed by atoms with van der Waals surface area (Å²) in [5.74, 6) is -0.589. The first-order valence-corrected chi connectivity index (χ1v) is 8.52. The second-order valence-corrected chi connectivity index (χ2v) is 7.72. The number of esters is 1. The molecule has 7 heteroatoms. The summed E-state index contributed by atoms with van der Waals surface area (Å²) in [6.45, 7) is 11.7. The molecule has 0 radical (unpaired) electrons. The number of Topliss-reactive ketones (excluding diaryl/α,β-unsaturated/α-hetero) is 1. The van der Waals surface area contributed by atoms with Gasteiger partial charge in [0.15, 0.2) is 11.8 Å². The van der Waals surface area contributed by atoms with Gasteiger partial charge in [-0.25, -0.2) is 9.59 Å². The predicted octanol–water partition coefficient (Wildman–Crippen LogP) is 1.45. The Morgan fingerprint density at radius 2 is 1.67 bits per heavy atom. The lowest BCUT2D eigenvalue weighted by Gasteiger charge is -2.60. The van der Waals surface area contributed by atoms with E-state index in [0.29, 0.717) is 32.6 Å². The van der Waals surface area contributed by atoms with Crippen LogP contribution in [-0.2, 0) is 19.1 Å². The van der Waals surface area contributed by atoms with Gasteiger partial charge in [0, 0.05) is 38.0 Å². The van der Waals surface area contributed by atoms with Crippen LogP contribution >= 0.6 is 0 Å². The average molecular weight is 340 g/mol. The Morgan fingerprint density at radius 3 is 2.12 bits per heavy atom. The van der Waals surface area contributed by atoms with Gasteiger partial charge >= 0.3 is 12.1 Å². The van der Waals surface area contributed by atoms with Crippen molar-refractivity contribution in [3.05, 3.63) is 0 Å². The van der Waals surface area contributed by atoms with Crippen LogP contribution in [0, 0.1) is 5.41 Å². The molecule has 2 fully saturated rings. The zero-order valence-electron chi connectivity index (χ0n) is 15.3. The van der Waals surface area contributed by atoms with E-state index < -0.39 is 17.6 Å². The van der Waals surface area contributed by atoms with Crippen LogP contribution < -0.4 is 0 Å². The quantitative estimate of drug-likeness (QED) is 0.557. The van der Waals surface area contributed by atoms with Gasteiger partial charge in [-0.15, -0.1) is 0 Å². The van der Waals surface area contributed by atoms with Crippen LogP contribution in [0.5, 0.6) is 0 Å². The SMILES string of the molecule is CCOC(=O)C(C(=O)CC)N1CC2(CN(C(=O)OC(C)(C)C)C2)C1. The number of rotatable bonds is 5. The van der Waals surface area contributed by atoms with E-state index in [4.69, 9.17) is 9.47 Å². The number of carbonyl (C=O) groups excluding carboxylic acids is 3. The highest BCUT2D eigenvalue weighted by atomic mass is 16.6. The molecular formula is C17H28N2O5. The highest BCUT2D eigenvalue weighted by Gasteiger charge is 2.57. The number of carbonyl (C=O) groups is 3. The molecule has 2 aliphatic rings. The minimum Gasteiger partial charge on any atom is -0.464 e. The number of amides is 1. The molecule has 24 heavy (non-hydrogen) atoms. The lowest BCUT2D eigenvalue weighted by atomic mass is 9.72. The summed E-state index contributed by atoms with van der Waals surface area (Å²) in [4.78, 5) is 39.7. The van der Waals surface area contributed by atoms with Gasteiger partial charge in [0.25, 0.3) is 0 Å². The van der Waals surface area contributed by atoms with Crippen LogP contribution in [0.2, 0.25) is 0 Å². The first-order valence-electron chi connectivity index (χ1n) is 8.52. The van der Waals surface area contributed by atoms with E-state index in [9.17, 15) is 14.4 Å². The molecule has 0 N–H and O–H groups in total. The Bertz CT molecular complexity index is 512. The van der Waals surface area contributed by atoms with Crippen molar-refractivity contribution in [3.8, 4) is 0 Å².